The minimum absolute atomic E-state index is 0.0190. The lowest BCUT2D eigenvalue weighted by atomic mass is 10.2. The quantitative estimate of drug-likeness (QED) is 0.866. The smallest absolute Gasteiger partial charge is 0.307 e. The highest BCUT2D eigenvalue weighted by Gasteiger charge is 2.28. The van der Waals surface area contributed by atoms with Gasteiger partial charge in [0.1, 0.15) is 0 Å². The summed E-state index contributed by atoms with van der Waals surface area (Å²) < 4.78 is 1.66. The van der Waals surface area contributed by atoms with Crippen LogP contribution >= 0.6 is 11.3 Å². The van der Waals surface area contributed by atoms with Crippen molar-refractivity contribution < 1.29 is 4.79 Å². The van der Waals surface area contributed by atoms with Crippen molar-refractivity contribution in [2.75, 3.05) is 0 Å². The first-order valence-electron chi connectivity index (χ1n) is 6.02. The molecule has 1 aliphatic rings. The number of carbonyl (C=O) groups is 1. The predicted molar refractivity (Wildman–Crippen MR) is 68.3 cm³/mol. The van der Waals surface area contributed by atoms with Crippen molar-refractivity contribution in [1.82, 2.24) is 9.88 Å². The standard InChI is InChI=1S/C12H18N2O2S/c1-8-7-17-12(16)14(8)6-5-11(15)13-9(2)10-3-4-10/h7,9-10H,3-6H2,1-2H3,(H,13,15)/t9-/m0/s1. The highest BCUT2D eigenvalue weighted by molar-refractivity contribution is 7.07. The SMILES string of the molecule is Cc1csc(=O)n1CCC(=O)N[C@@H](C)C1CC1. The summed E-state index contributed by atoms with van der Waals surface area (Å²) in [6.07, 6.45) is 2.84. The molecule has 1 aromatic heterocycles. The van der Waals surface area contributed by atoms with Crippen LogP contribution in [0.2, 0.25) is 0 Å². The largest absolute Gasteiger partial charge is 0.353 e. The molecule has 0 spiro atoms. The van der Waals surface area contributed by atoms with Crippen LogP contribution in [0.5, 0.6) is 0 Å². The Morgan fingerprint density at radius 3 is 2.88 bits per heavy atom. The molecule has 1 atom stereocenters. The van der Waals surface area contributed by atoms with E-state index in [0.29, 0.717) is 18.9 Å². The lowest BCUT2D eigenvalue weighted by Crippen LogP contribution is -2.35. The van der Waals surface area contributed by atoms with Crippen LogP contribution in [0.15, 0.2) is 10.2 Å². The van der Waals surface area contributed by atoms with E-state index in [4.69, 9.17) is 0 Å². The zero-order valence-corrected chi connectivity index (χ0v) is 11.0. The number of hydrogen-bond acceptors (Lipinski definition) is 3. The maximum atomic E-state index is 11.7. The summed E-state index contributed by atoms with van der Waals surface area (Å²) in [5.74, 6) is 0.714. The van der Waals surface area contributed by atoms with Crippen LogP contribution in [0, 0.1) is 12.8 Å². The van der Waals surface area contributed by atoms with Crippen molar-refractivity contribution in [2.24, 2.45) is 5.92 Å². The summed E-state index contributed by atoms with van der Waals surface area (Å²) in [6.45, 7) is 4.43. The third kappa shape index (κ3) is 3.19. The van der Waals surface area contributed by atoms with E-state index in [1.165, 1.54) is 24.2 Å². The maximum absolute atomic E-state index is 11.7. The van der Waals surface area contributed by atoms with Crippen LogP contribution < -0.4 is 10.2 Å². The second-order valence-electron chi connectivity index (χ2n) is 4.74. The van der Waals surface area contributed by atoms with Crippen LogP contribution in [-0.2, 0) is 11.3 Å². The fourth-order valence-electron chi connectivity index (χ4n) is 1.93. The van der Waals surface area contributed by atoms with Gasteiger partial charge in [-0.05, 0) is 32.6 Å². The molecule has 0 unspecified atom stereocenters. The molecule has 4 nitrogen and oxygen atoms in total. The van der Waals surface area contributed by atoms with Gasteiger partial charge in [-0.25, -0.2) is 0 Å². The van der Waals surface area contributed by atoms with Gasteiger partial charge in [-0.2, -0.15) is 0 Å². The Labute approximate surface area is 105 Å². The molecule has 94 valence electrons. The summed E-state index contributed by atoms with van der Waals surface area (Å²) in [5.41, 5.74) is 0.933. The van der Waals surface area contributed by atoms with Crippen molar-refractivity contribution in [3.63, 3.8) is 0 Å². The van der Waals surface area contributed by atoms with Gasteiger partial charge in [-0.3, -0.25) is 9.59 Å². The second-order valence-corrected chi connectivity index (χ2v) is 5.56. The summed E-state index contributed by atoms with van der Waals surface area (Å²) in [4.78, 5) is 23.1. The average Bonchev–Trinajstić information content (AvgIpc) is 3.06. The average molecular weight is 254 g/mol. The number of rotatable bonds is 5. The molecule has 0 aromatic carbocycles. The molecule has 1 saturated carbocycles. The number of aryl methyl sites for hydroxylation is 1. The first-order valence-corrected chi connectivity index (χ1v) is 6.90. The number of nitrogens with one attached hydrogen (secondary N) is 1. The van der Waals surface area contributed by atoms with E-state index < -0.39 is 0 Å². The molecular weight excluding hydrogens is 236 g/mol. The lowest BCUT2D eigenvalue weighted by Gasteiger charge is -2.12. The van der Waals surface area contributed by atoms with Crippen molar-refractivity contribution in [1.29, 1.82) is 0 Å². The molecule has 0 saturated heterocycles. The number of nitrogens with zero attached hydrogens (tertiary/aromatic N) is 1. The summed E-state index contributed by atoms with van der Waals surface area (Å²) in [5, 5.41) is 4.82. The molecule has 0 bridgehead atoms. The third-order valence-electron chi connectivity index (χ3n) is 3.26. The fourth-order valence-corrected chi connectivity index (χ4v) is 2.69. The maximum Gasteiger partial charge on any atom is 0.307 e. The van der Waals surface area contributed by atoms with Gasteiger partial charge in [0.25, 0.3) is 0 Å². The minimum Gasteiger partial charge on any atom is -0.353 e. The van der Waals surface area contributed by atoms with Gasteiger partial charge < -0.3 is 9.88 Å². The lowest BCUT2D eigenvalue weighted by molar-refractivity contribution is -0.122. The van der Waals surface area contributed by atoms with Crippen LogP contribution in [0.25, 0.3) is 0 Å². The van der Waals surface area contributed by atoms with E-state index in [-0.39, 0.29) is 16.8 Å². The topological polar surface area (TPSA) is 51.1 Å². The van der Waals surface area contributed by atoms with Gasteiger partial charge in [-0.1, -0.05) is 11.3 Å². The van der Waals surface area contributed by atoms with Crippen LogP contribution in [0.1, 0.15) is 31.9 Å². The van der Waals surface area contributed by atoms with E-state index in [0.717, 1.165) is 5.69 Å². The minimum atomic E-state index is 0.0190. The first-order chi connectivity index (χ1) is 8.08. The van der Waals surface area contributed by atoms with E-state index >= 15 is 0 Å². The number of amides is 1. The molecule has 1 N–H and O–H groups in total. The Morgan fingerprint density at radius 2 is 2.35 bits per heavy atom. The Balaban J connectivity index is 1.81. The molecule has 1 fully saturated rings. The van der Waals surface area contributed by atoms with Gasteiger partial charge >= 0.3 is 4.87 Å². The van der Waals surface area contributed by atoms with Gasteiger partial charge in [0.15, 0.2) is 0 Å². The number of carbonyl (C=O) groups excluding carboxylic acids is 1. The highest BCUT2D eigenvalue weighted by atomic mass is 32.1. The molecule has 1 aliphatic carbocycles. The van der Waals surface area contributed by atoms with Crippen LogP contribution in [0.3, 0.4) is 0 Å². The zero-order valence-electron chi connectivity index (χ0n) is 10.2. The number of aromatic nitrogens is 1. The van der Waals surface area contributed by atoms with E-state index in [1.807, 2.05) is 12.3 Å². The molecule has 5 heteroatoms. The molecule has 1 aromatic rings. The molecule has 2 rings (SSSR count). The van der Waals surface area contributed by atoms with Crippen molar-refractivity contribution in [2.45, 2.75) is 45.7 Å². The normalized spacial score (nSPS) is 16.8. The predicted octanol–water partition coefficient (Wildman–Crippen LogP) is 1.52. The van der Waals surface area contributed by atoms with Crippen molar-refractivity contribution >= 4 is 17.2 Å². The molecule has 1 amide bonds. The summed E-state index contributed by atoms with van der Waals surface area (Å²) in [7, 11) is 0. The zero-order chi connectivity index (χ0) is 12.4. The van der Waals surface area contributed by atoms with Gasteiger partial charge in [-0.15, -0.1) is 0 Å². The fraction of sp³-hybridized carbons (Fsp3) is 0.667. The Hall–Kier alpha value is -1.10. The molecule has 1 heterocycles. The number of hydrogen-bond donors (Lipinski definition) is 1. The molecule has 0 radical (unpaired) electrons. The number of thiazole rings is 1. The van der Waals surface area contributed by atoms with Gasteiger partial charge in [0, 0.05) is 30.1 Å². The molecule has 0 aliphatic heterocycles. The van der Waals surface area contributed by atoms with Crippen LogP contribution in [-0.4, -0.2) is 16.5 Å². The van der Waals surface area contributed by atoms with Gasteiger partial charge in [0.05, 0.1) is 0 Å². The van der Waals surface area contributed by atoms with Gasteiger partial charge in [0.2, 0.25) is 5.91 Å². The Kier molecular flexibility index (Phi) is 3.66. The summed E-state index contributed by atoms with van der Waals surface area (Å²) >= 11 is 1.19. The van der Waals surface area contributed by atoms with E-state index in [9.17, 15) is 9.59 Å². The highest BCUT2D eigenvalue weighted by Crippen LogP contribution is 2.32. The van der Waals surface area contributed by atoms with Crippen molar-refractivity contribution in [3.8, 4) is 0 Å². The second kappa shape index (κ2) is 5.04. The summed E-state index contributed by atoms with van der Waals surface area (Å²) in [6, 6.07) is 0.280. The van der Waals surface area contributed by atoms with Crippen molar-refractivity contribution in [3.05, 3.63) is 20.7 Å². The van der Waals surface area contributed by atoms with E-state index in [2.05, 4.69) is 12.2 Å². The van der Waals surface area contributed by atoms with Crippen LogP contribution in [0.4, 0.5) is 0 Å². The Morgan fingerprint density at radius 1 is 1.65 bits per heavy atom. The Bertz CT molecular complexity index is 459. The van der Waals surface area contributed by atoms with E-state index in [1.54, 1.807) is 4.57 Å². The molecular formula is C12H18N2O2S. The third-order valence-corrected chi connectivity index (χ3v) is 4.14. The monoisotopic (exact) mass is 254 g/mol. The molecule has 17 heavy (non-hydrogen) atoms. The first kappa shape index (κ1) is 12.4.